The number of nitrogens with zero attached hydrogens (tertiary/aromatic N) is 2. The Morgan fingerprint density at radius 3 is 2.38 bits per heavy atom. The largest absolute Gasteiger partial charge is 0.455 e. The van der Waals surface area contributed by atoms with E-state index >= 15 is 0 Å². The molecule has 1 aromatic carbocycles. The summed E-state index contributed by atoms with van der Waals surface area (Å²) in [6, 6.07) is 7.55. The summed E-state index contributed by atoms with van der Waals surface area (Å²) >= 11 is 0. The molecule has 0 unspecified atom stereocenters. The number of ketones is 1. The van der Waals surface area contributed by atoms with Crippen molar-refractivity contribution in [2.24, 2.45) is 0 Å². The molecule has 6 heteroatoms. The van der Waals surface area contributed by atoms with Crippen molar-refractivity contribution in [2.75, 3.05) is 0 Å². The molecule has 2 rings (SSSR count). The highest BCUT2D eigenvalue weighted by molar-refractivity contribution is 6.02. The molecule has 0 amide bonds. The Labute approximate surface area is 120 Å². The van der Waals surface area contributed by atoms with Crippen molar-refractivity contribution in [3.8, 4) is 0 Å². The van der Waals surface area contributed by atoms with Gasteiger partial charge in [0, 0.05) is 5.69 Å². The van der Waals surface area contributed by atoms with Gasteiger partial charge in [0.05, 0.1) is 17.8 Å². The zero-order chi connectivity index (χ0) is 15.8. The van der Waals surface area contributed by atoms with Gasteiger partial charge in [-0.15, -0.1) is 0 Å². The van der Waals surface area contributed by atoms with Crippen molar-refractivity contribution in [3.05, 3.63) is 52.3 Å². The van der Waals surface area contributed by atoms with Gasteiger partial charge in [-0.2, -0.15) is 18.3 Å². The van der Waals surface area contributed by atoms with Crippen LogP contribution in [0.3, 0.4) is 0 Å². The van der Waals surface area contributed by atoms with E-state index in [1.165, 1.54) is 18.5 Å². The Balaban J connectivity index is 2.41. The summed E-state index contributed by atoms with van der Waals surface area (Å²) in [5.74, 6) is -1.84. The highest BCUT2D eigenvalue weighted by Crippen LogP contribution is 2.26. The molecule has 0 spiro atoms. The molecule has 0 bridgehead atoms. The fourth-order valence-corrected chi connectivity index (χ4v) is 2.27. The van der Waals surface area contributed by atoms with Gasteiger partial charge in [-0.05, 0) is 31.9 Å². The van der Waals surface area contributed by atoms with Gasteiger partial charge in [-0.3, -0.25) is 9.48 Å². The topological polar surface area (TPSA) is 34.9 Å². The van der Waals surface area contributed by atoms with Crippen LogP contribution in [0.2, 0.25) is 0 Å². The molecular weight excluding hydrogens is 281 g/mol. The zero-order valence-corrected chi connectivity index (χ0v) is 12.0. The number of alkyl halides is 3. The van der Waals surface area contributed by atoms with Crippen molar-refractivity contribution >= 4 is 5.78 Å². The third-order valence-electron chi connectivity index (χ3n) is 3.45. The van der Waals surface area contributed by atoms with Gasteiger partial charge in [-0.1, -0.05) is 24.3 Å². The summed E-state index contributed by atoms with van der Waals surface area (Å²) in [7, 11) is 0. The molecule has 1 aromatic heterocycles. The predicted octanol–water partition coefficient (Wildman–Crippen LogP) is 3.60. The van der Waals surface area contributed by atoms with Crippen LogP contribution in [0.1, 0.15) is 32.9 Å². The van der Waals surface area contributed by atoms with Gasteiger partial charge < -0.3 is 0 Å². The quantitative estimate of drug-likeness (QED) is 0.811. The van der Waals surface area contributed by atoms with E-state index in [4.69, 9.17) is 0 Å². The van der Waals surface area contributed by atoms with Crippen molar-refractivity contribution < 1.29 is 18.0 Å². The van der Waals surface area contributed by atoms with Gasteiger partial charge in [0.25, 0.3) is 5.78 Å². The van der Waals surface area contributed by atoms with E-state index in [-0.39, 0.29) is 17.0 Å². The minimum atomic E-state index is -4.88. The van der Waals surface area contributed by atoms with Crippen molar-refractivity contribution in [1.82, 2.24) is 9.78 Å². The molecule has 112 valence electrons. The first kappa shape index (κ1) is 15.3. The lowest BCUT2D eigenvalue weighted by molar-refractivity contribution is -0.0886. The minimum absolute atomic E-state index is 0.100. The number of Topliss-reactive ketones (excluding diaryl/α,β-unsaturated/α-hetero) is 1. The highest BCUT2D eigenvalue weighted by atomic mass is 19.4. The molecule has 0 radical (unpaired) electrons. The second kappa shape index (κ2) is 5.35. The van der Waals surface area contributed by atoms with Crippen LogP contribution in [0.15, 0.2) is 24.3 Å². The third-order valence-corrected chi connectivity index (χ3v) is 3.45. The standard InChI is InChI=1S/C15H15F3N2O/c1-9-6-4-5-7-12(9)8-20-11(3)13(10(2)19-20)14(21)15(16,17)18/h4-7H,8H2,1-3H3. The lowest BCUT2D eigenvalue weighted by atomic mass is 10.1. The molecule has 0 saturated carbocycles. The van der Waals surface area contributed by atoms with E-state index in [2.05, 4.69) is 5.10 Å². The molecule has 0 N–H and O–H groups in total. The number of aromatic nitrogens is 2. The summed E-state index contributed by atoms with van der Waals surface area (Å²) in [6.07, 6.45) is -4.88. The van der Waals surface area contributed by atoms with Gasteiger partial charge in [0.1, 0.15) is 0 Å². The number of carbonyl (C=O) groups excluding carboxylic acids is 1. The molecule has 0 aliphatic carbocycles. The lowest BCUT2D eigenvalue weighted by Crippen LogP contribution is -2.24. The molecule has 0 saturated heterocycles. The first-order valence-electron chi connectivity index (χ1n) is 6.42. The summed E-state index contributed by atoms with van der Waals surface area (Å²) < 4.78 is 39.3. The van der Waals surface area contributed by atoms with Crippen LogP contribution in [0, 0.1) is 20.8 Å². The van der Waals surface area contributed by atoms with E-state index < -0.39 is 12.0 Å². The maximum absolute atomic E-state index is 12.6. The minimum Gasteiger partial charge on any atom is -0.284 e. The van der Waals surface area contributed by atoms with E-state index in [1.807, 2.05) is 31.2 Å². The molecule has 0 aliphatic heterocycles. The monoisotopic (exact) mass is 296 g/mol. The lowest BCUT2D eigenvalue weighted by Gasteiger charge is -2.09. The average Bonchev–Trinajstić information content (AvgIpc) is 2.65. The van der Waals surface area contributed by atoms with E-state index in [0.717, 1.165) is 11.1 Å². The van der Waals surface area contributed by atoms with E-state index in [1.54, 1.807) is 0 Å². The van der Waals surface area contributed by atoms with Crippen molar-refractivity contribution in [1.29, 1.82) is 0 Å². The van der Waals surface area contributed by atoms with Gasteiger partial charge in [-0.25, -0.2) is 0 Å². The van der Waals surface area contributed by atoms with E-state index in [9.17, 15) is 18.0 Å². The molecule has 2 aromatic rings. The summed E-state index contributed by atoms with van der Waals surface area (Å²) in [6.45, 7) is 5.16. The average molecular weight is 296 g/mol. The Bertz CT molecular complexity index is 687. The Hall–Kier alpha value is -2.11. The number of hydrogen-bond acceptors (Lipinski definition) is 2. The maximum atomic E-state index is 12.6. The third kappa shape index (κ3) is 2.99. The number of aryl methyl sites for hydroxylation is 2. The fourth-order valence-electron chi connectivity index (χ4n) is 2.27. The van der Waals surface area contributed by atoms with Crippen LogP contribution in [0.4, 0.5) is 13.2 Å². The first-order chi connectivity index (χ1) is 9.71. The van der Waals surface area contributed by atoms with Gasteiger partial charge in [0.15, 0.2) is 0 Å². The highest BCUT2D eigenvalue weighted by Gasteiger charge is 2.42. The first-order valence-corrected chi connectivity index (χ1v) is 6.42. The van der Waals surface area contributed by atoms with Crippen LogP contribution in [-0.2, 0) is 6.54 Å². The Morgan fingerprint density at radius 1 is 1.19 bits per heavy atom. The number of carbonyl (C=O) groups is 1. The summed E-state index contributed by atoms with van der Waals surface area (Å²) in [5, 5.41) is 4.08. The SMILES string of the molecule is Cc1ccccc1Cn1nc(C)c(C(=O)C(F)(F)F)c1C. The normalized spacial score (nSPS) is 11.7. The molecule has 0 aliphatic rings. The number of hydrogen-bond donors (Lipinski definition) is 0. The predicted molar refractivity (Wildman–Crippen MR) is 72.4 cm³/mol. The summed E-state index contributed by atoms with van der Waals surface area (Å²) in [5.41, 5.74) is 1.96. The molecule has 3 nitrogen and oxygen atoms in total. The molecule has 0 fully saturated rings. The summed E-state index contributed by atoms with van der Waals surface area (Å²) in [4.78, 5) is 11.5. The second-order valence-electron chi connectivity index (χ2n) is 4.96. The molecule has 21 heavy (non-hydrogen) atoms. The van der Waals surface area contributed by atoms with Gasteiger partial charge in [0.2, 0.25) is 0 Å². The molecule has 0 atom stereocenters. The van der Waals surface area contributed by atoms with Crippen LogP contribution < -0.4 is 0 Å². The van der Waals surface area contributed by atoms with Crippen molar-refractivity contribution in [3.63, 3.8) is 0 Å². The van der Waals surface area contributed by atoms with Crippen LogP contribution in [0.5, 0.6) is 0 Å². The number of rotatable bonds is 3. The number of benzene rings is 1. The molecule has 1 heterocycles. The zero-order valence-electron chi connectivity index (χ0n) is 12.0. The van der Waals surface area contributed by atoms with Crippen LogP contribution in [-0.4, -0.2) is 21.7 Å². The molecular formula is C15H15F3N2O. The van der Waals surface area contributed by atoms with Crippen molar-refractivity contribution in [2.45, 2.75) is 33.5 Å². The fraction of sp³-hybridized carbons (Fsp3) is 0.333. The van der Waals surface area contributed by atoms with Crippen LogP contribution >= 0.6 is 0 Å². The second-order valence-corrected chi connectivity index (χ2v) is 4.96. The number of halogens is 3. The van der Waals surface area contributed by atoms with Gasteiger partial charge >= 0.3 is 6.18 Å². The Morgan fingerprint density at radius 2 is 1.81 bits per heavy atom. The Kier molecular flexibility index (Phi) is 3.89. The van der Waals surface area contributed by atoms with Crippen LogP contribution in [0.25, 0.3) is 0 Å². The maximum Gasteiger partial charge on any atom is 0.455 e. The van der Waals surface area contributed by atoms with E-state index in [0.29, 0.717) is 6.54 Å². The smallest absolute Gasteiger partial charge is 0.284 e.